The van der Waals surface area contributed by atoms with Gasteiger partial charge in [0.05, 0.1) is 12.5 Å². The zero-order valence-electron chi connectivity index (χ0n) is 47.7. The van der Waals surface area contributed by atoms with E-state index in [0.717, 1.165) is 4.90 Å². The molecule has 0 aromatic heterocycles. The fourth-order valence-corrected chi connectivity index (χ4v) is 9.41. The highest BCUT2D eigenvalue weighted by molar-refractivity contribution is 7.98. The van der Waals surface area contributed by atoms with Gasteiger partial charge in [0, 0.05) is 25.8 Å². The first-order valence-electron chi connectivity index (χ1n) is 27.0. The number of thioether (sulfide) groups is 2. The molecule has 0 unspecified atom stereocenters. The van der Waals surface area contributed by atoms with E-state index in [2.05, 4.69) is 42.5 Å². The highest BCUT2D eigenvalue weighted by Gasteiger charge is 2.42. The third-order valence-corrected chi connectivity index (χ3v) is 14.6. The number of aliphatic carboxylic acids is 4. The highest BCUT2D eigenvalue weighted by Crippen LogP contribution is 2.22. The lowest BCUT2D eigenvalue weighted by Crippen LogP contribution is -2.61. The molecule has 1 fully saturated rings. The summed E-state index contributed by atoms with van der Waals surface area (Å²) in [6, 6.07) is -14.4. The van der Waals surface area contributed by atoms with Gasteiger partial charge in [0.2, 0.25) is 59.1 Å². The van der Waals surface area contributed by atoms with Crippen LogP contribution in [0.5, 0.6) is 0 Å². The number of hydrogen-bond donors (Lipinski definition) is 14. The standard InChI is InChI=1S/C51H85N11O18S2/c1-9-27(6)41(49(77)58-33(23-25(2)3)46(74)55-31(19-22-82-8)45(73)57-32(51(79)80)14-17-39(68)69)61-47(75)35-11-10-20-62(35)50(78)34(24-36(53)63)59-44(72)29(12-15-37(64)65)54-43(71)30(13-16-38(66)67)56-48(76)40(26(4)5)60-42(70)28(52)18-21-81-7/h25-35,40-41H,9-24,52H2,1-8H3,(H2,53,63)(H,54,71)(H,55,74)(H,56,76)(H,57,73)(H,58,77)(H,59,72)(H,60,70)(H,61,75)(H,64,65)(H,66,67)(H,68,69)(H,79,80)/t27-,28-,29-,30-,31-,32-,33-,34-,35-,40-,41-/m0/s1. The number of hydrogen-bond acceptors (Lipinski definition) is 17. The van der Waals surface area contributed by atoms with E-state index in [-0.39, 0.29) is 44.6 Å². The molecule has 1 aliphatic heterocycles. The van der Waals surface area contributed by atoms with Crippen LogP contribution in [0.2, 0.25) is 0 Å². The van der Waals surface area contributed by atoms with E-state index < -0.39 is 200 Å². The lowest BCUT2D eigenvalue weighted by Gasteiger charge is -2.32. The maximum Gasteiger partial charge on any atom is 0.326 e. The van der Waals surface area contributed by atoms with Gasteiger partial charge in [0.15, 0.2) is 0 Å². The molecule has 10 amide bonds. The summed E-state index contributed by atoms with van der Waals surface area (Å²) in [6.07, 6.45) is -0.0478. The Bertz CT molecular complexity index is 2260. The molecular formula is C51H85N11O18S2. The summed E-state index contributed by atoms with van der Waals surface area (Å²) in [4.78, 5) is 185. The number of carbonyl (C=O) groups is 14. The quantitative estimate of drug-likeness (QED) is 0.0315. The van der Waals surface area contributed by atoms with Crippen molar-refractivity contribution in [1.29, 1.82) is 0 Å². The number of nitrogens with two attached hydrogens (primary N) is 2. The van der Waals surface area contributed by atoms with Crippen molar-refractivity contribution in [3.05, 3.63) is 0 Å². The largest absolute Gasteiger partial charge is 0.481 e. The van der Waals surface area contributed by atoms with Gasteiger partial charge in [0.25, 0.3) is 0 Å². The van der Waals surface area contributed by atoms with Crippen LogP contribution in [0, 0.1) is 17.8 Å². The maximum absolute atomic E-state index is 14.4. The van der Waals surface area contributed by atoms with Crippen molar-refractivity contribution < 1.29 is 87.5 Å². The lowest BCUT2D eigenvalue weighted by atomic mass is 9.96. The average molecular weight is 1200 g/mol. The molecule has 1 aliphatic rings. The summed E-state index contributed by atoms with van der Waals surface area (Å²) < 4.78 is 0. The number of carboxylic acids is 4. The number of primary amides is 1. The van der Waals surface area contributed by atoms with Gasteiger partial charge in [-0.05, 0) is 93.1 Å². The van der Waals surface area contributed by atoms with Gasteiger partial charge in [-0.15, -0.1) is 0 Å². The number of nitrogens with one attached hydrogen (secondary N) is 8. The van der Waals surface area contributed by atoms with Crippen LogP contribution in [-0.2, 0) is 67.1 Å². The van der Waals surface area contributed by atoms with Crippen molar-refractivity contribution in [3.8, 4) is 0 Å². The van der Waals surface area contributed by atoms with Gasteiger partial charge in [-0.1, -0.05) is 48.0 Å². The van der Waals surface area contributed by atoms with E-state index in [4.69, 9.17) is 16.6 Å². The number of carbonyl (C=O) groups excluding carboxylic acids is 10. The van der Waals surface area contributed by atoms with Gasteiger partial charge in [0.1, 0.15) is 54.4 Å². The number of nitrogens with zero attached hydrogens (tertiary/aromatic N) is 1. The molecule has 0 saturated carbocycles. The average Bonchev–Trinajstić information content (AvgIpc) is 3.95. The van der Waals surface area contributed by atoms with E-state index in [9.17, 15) is 82.4 Å². The lowest BCUT2D eigenvalue weighted by molar-refractivity contribution is -0.144. The highest BCUT2D eigenvalue weighted by atomic mass is 32.2. The molecule has 11 atom stereocenters. The van der Waals surface area contributed by atoms with Gasteiger partial charge in [-0.25, -0.2) is 4.79 Å². The van der Waals surface area contributed by atoms with Crippen molar-refractivity contribution >= 4 is 106 Å². The number of rotatable bonds is 40. The molecule has 0 spiro atoms. The number of amides is 10. The van der Waals surface area contributed by atoms with E-state index in [0.29, 0.717) is 17.9 Å². The van der Waals surface area contributed by atoms with Crippen LogP contribution in [-0.4, -0.2) is 199 Å². The third-order valence-electron chi connectivity index (χ3n) is 13.3. The predicted molar refractivity (Wildman–Crippen MR) is 300 cm³/mol. The van der Waals surface area contributed by atoms with Gasteiger partial charge >= 0.3 is 23.9 Å². The minimum Gasteiger partial charge on any atom is -0.481 e. The summed E-state index contributed by atoms with van der Waals surface area (Å²) in [7, 11) is 0. The smallest absolute Gasteiger partial charge is 0.326 e. The molecule has 464 valence electrons. The molecule has 82 heavy (non-hydrogen) atoms. The van der Waals surface area contributed by atoms with Crippen LogP contribution in [0.25, 0.3) is 0 Å². The SMILES string of the molecule is CC[C@H](C)[C@H](NC(=O)[C@@H]1CCCN1C(=O)[C@H](CC(N)=O)NC(=O)[C@H](CCC(=O)O)NC(=O)[C@H](CCC(=O)O)NC(=O)[C@@H](NC(=O)[C@@H](N)CCSC)C(C)C)C(=O)N[C@@H](CC(C)C)C(=O)N[C@@H](CCSC)C(=O)N[C@@H](CCC(=O)O)C(=O)O. The Kier molecular flexibility index (Phi) is 33.4. The number of likely N-dealkylation sites (tertiary alicyclic amines) is 1. The molecule has 0 aromatic carbocycles. The van der Waals surface area contributed by atoms with Gasteiger partial charge in [-0.2, -0.15) is 23.5 Å². The van der Waals surface area contributed by atoms with E-state index in [1.807, 2.05) is 6.26 Å². The Morgan fingerprint density at radius 1 is 0.537 bits per heavy atom. The fraction of sp³-hybridized carbons (Fsp3) is 0.725. The first-order valence-corrected chi connectivity index (χ1v) is 29.8. The zero-order chi connectivity index (χ0) is 62.6. The maximum atomic E-state index is 14.4. The summed E-state index contributed by atoms with van der Waals surface area (Å²) in [5.74, 6) is -15.6. The van der Waals surface area contributed by atoms with Crippen LogP contribution in [0.4, 0.5) is 0 Å². The summed E-state index contributed by atoms with van der Waals surface area (Å²) in [5, 5.41) is 57.6. The van der Waals surface area contributed by atoms with Gasteiger partial charge < -0.3 is 79.3 Å². The molecular weight excluding hydrogens is 1120 g/mol. The first-order chi connectivity index (χ1) is 38.4. The zero-order valence-corrected chi connectivity index (χ0v) is 49.4. The second-order valence-electron chi connectivity index (χ2n) is 20.8. The van der Waals surface area contributed by atoms with E-state index in [1.54, 1.807) is 47.8 Å². The topological polar surface area (TPSA) is 471 Å². The molecule has 1 rings (SSSR count). The van der Waals surface area contributed by atoms with Crippen LogP contribution in [0.15, 0.2) is 0 Å². The van der Waals surface area contributed by atoms with E-state index >= 15 is 0 Å². The Morgan fingerprint density at radius 3 is 1.41 bits per heavy atom. The molecule has 1 saturated heterocycles. The molecule has 0 aromatic rings. The normalized spacial score (nSPS) is 16.7. The summed E-state index contributed by atoms with van der Waals surface area (Å²) >= 11 is 2.77. The number of carboxylic acid groups (broad SMARTS) is 4. The van der Waals surface area contributed by atoms with E-state index in [1.165, 1.54) is 23.5 Å². The van der Waals surface area contributed by atoms with Crippen LogP contribution < -0.4 is 54.0 Å². The first kappa shape index (κ1) is 73.3. The van der Waals surface area contributed by atoms with Crippen molar-refractivity contribution in [2.24, 2.45) is 29.2 Å². The van der Waals surface area contributed by atoms with Crippen LogP contribution in [0.3, 0.4) is 0 Å². The van der Waals surface area contributed by atoms with Crippen LogP contribution >= 0.6 is 23.5 Å². The molecule has 0 radical (unpaired) electrons. The molecule has 0 bridgehead atoms. The fourth-order valence-electron chi connectivity index (χ4n) is 8.45. The van der Waals surface area contributed by atoms with Gasteiger partial charge in [-0.3, -0.25) is 62.3 Å². The van der Waals surface area contributed by atoms with Crippen molar-refractivity contribution in [3.63, 3.8) is 0 Å². The second-order valence-corrected chi connectivity index (χ2v) is 22.7. The Balaban J connectivity index is 3.51. The monoisotopic (exact) mass is 1200 g/mol. The molecule has 0 aliphatic carbocycles. The Labute approximate surface area is 485 Å². The van der Waals surface area contributed by atoms with Crippen molar-refractivity contribution in [2.75, 3.05) is 30.6 Å². The molecule has 1 heterocycles. The molecule has 29 nitrogen and oxygen atoms in total. The minimum absolute atomic E-state index is 0.0213. The molecule has 16 N–H and O–H groups in total. The Morgan fingerprint density at radius 2 is 0.963 bits per heavy atom. The summed E-state index contributed by atoms with van der Waals surface area (Å²) in [6.45, 7) is 9.95. The predicted octanol–water partition coefficient (Wildman–Crippen LogP) is -2.01. The van der Waals surface area contributed by atoms with Crippen LogP contribution in [0.1, 0.15) is 125 Å². The summed E-state index contributed by atoms with van der Waals surface area (Å²) in [5.41, 5.74) is 11.5. The third kappa shape index (κ3) is 26.4. The Hall–Kier alpha value is -6.76. The van der Waals surface area contributed by atoms with Crippen molar-refractivity contribution in [1.82, 2.24) is 47.4 Å². The van der Waals surface area contributed by atoms with Crippen molar-refractivity contribution in [2.45, 2.75) is 185 Å². The minimum atomic E-state index is -1.83. The molecule has 31 heteroatoms. The second kappa shape index (κ2) is 37.4.